The quantitative estimate of drug-likeness (QED) is 0.686. The van der Waals surface area contributed by atoms with Gasteiger partial charge in [0.25, 0.3) is 0 Å². The van der Waals surface area contributed by atoms with Gasteiger partial charge in [0.05, 0.1) is 0 Å². The second-order valence-corrected chi connectivity index (χ2v) is 6.31. The number of phenols is 2. The van der Waals surface area contributed by atoms with E-state index in [2.05, 4.69) is 31.9 Å². The van der Waals surface area contributed by atoms with Gasteiger partial charge in [-0.15, -0.1) is 0 Å². The van der Waals surface area contributed by atoms with E-state index in [-0.39, 0.29) is 17.3 Å². The zero-order valence-electron chi connectivity index (χ0n) is 11.3. The Morgan fingerprint density at radius 3 is 1.64 bits per heavy atom. The minimum absolute atomic E-state index is 0.0980. The molecule has 112 valence electrons. The number of halogens is 2. The summed E-state index contributed by atoms with van der Waals surface area (Å²) < 4.78 is 1.62. The molecule has 2 aromatic rings. The summed E-state index contributed by atoms with van der Waals surface area (Å²) >= 11 is 6.61. The molecule has 0 aliphatic heterocycles. The molecular weight excluding hydrogens is 412 g/mol. The number of carbonyl (C=O) groups excluding carboxylic acids is 1. The van der Waals surface area contributed by atoms with Crippen molar-refractivity contribution in [3.63, 3.8) is 0 Å². The van der Waals surface area contributed by atoms with Crippen LogP contribution in [0.1, 0.15) is 11.1 Å². The molecule has 0 unspecified atom stereocenters. The molecule has 0 radical (unpaired) electrons. The van der Waals surface area contributed by atoms with Crippen molar-refractivity contribution >= 4 is 49.8 Å². The molecule has 3 nitrogen and oxygen atoms in total. The lowest BCUT2D eigenvalue weighted by atomic mass is 10.1. The van der Waals surface area contributed by atoms with Crippen molar-refractivity contribution in [3.05, 3.63) is 68.6 Å². The molecule has 0 spiro atoms. The zero-order valence-corrected chi connectivity index (χ0v) is 14.5. The molecule has 0 fully saturated rings. The van der Waals surface area contributed by atoms with Crippen LogP contribution >= 0.6 is 31.9 Å². The van der Waals surface area contributed by atoms with Gasteiger partial charge >= 0.3 is 0 Å². The van der Waals surface area contributed by atoms with Gasteiger partial charge < -0.3 is 10.2 Å². The van der Waals surface area contributed by atoms with Gasteiger partial charge in [0.1, 0.15) is 11.5 Å². The van der Waals surface area contributed by atoms with Gasteiger partial charge in [-0.1, -0.05) is 31.9 Å². The number of hydrogen-bond acceptors (Lipinski definition) is 3. The third-order valence-corrected chi connectivity index (χ3v) is 3.82. The van der Waals surface area contributed by atoms with Crippen LogP contribution in [-0.2, 0) is 4.79 Å². The molecule has 0 saturated heterocycles. The highest BCUT2D eigenvalue weighted by atomic mass is 79.9. The van der Waals surface area contributed by atoms with E-state index in [0.717, 1.165) is 8.95 Å². The molecule has 2 rings (SSSR count). The Hall–Kier alpha value is -1.85. The predicted octanol–water partition coefficient (Wildman–Crippen LogP) is 4.92. The number of rotatable bonds is 4. The molecule has 0 aliphatic rings. The molecule has 2 N–H and O–H groups in total. The third-order valence-electron chi connectivity index (χ3n) is 2.83. The maximum absolute atomic E-state index is 11.8. The van der Waals surface area contributed by atoms with Gasteiger partial charge in [0.2, 0.25) is 0 Å². The van der Waals surface area contributed by atoms with Gasteiger partial charge in [-0.05, 0) is 60.7 Å². The second-order valence-electron chi connectivity index (χ2n) is 4.48. The summed E-state index contributed by atoms with van der Waals surface area (Å²) in [5.74, 6) is -0.0551. The van der Waals surface area contributed by atoms with E-state index in [1.54, 1.807) is 36.4 Å². The van der Waals surface area contributed by atoms with E-state index in [1.807, 2.05) is 0 Å². The first-order chi connectivity index (χ1) is 10.5. The molecule has 0 atom stereocenters. The lowest BCUT2D eigenvalue weighted by Crippen LogP contribution is -1.86. The van der Waals surface area contributed by atoms with Crippen molar-refractivity contribution in [1.82, 2.24) is 0 Å². The Morgan fingerprint density at radius 1 is 0.818 bits per heavy atom. The fraction of sp³-hybridized carbons (Fsp3) is 0. The van der Waals surface area contributed by atoms with Crippen molar-refractivity contribution < 1.29 is 15.0 Å². The number of benzene rings is 2. The summed E-state index contributed by atoms with van der Waals surface area (Å²) in [5, 5.41) is 19.4. The standard InChI is InChI=1S/C17H12Br2O3/c18-13-3-7-16(21)11(9-13)1-5-15(20)6-2-12-10-14(19)4-8-17(12)22/h1-10,21-22H/b5-1+,6-2+. The molecule has 0 saturated carbocycles. The van der Waals surface area contributed by atoms with Crippen molar-refractivity contribution in [1.29, 1.82) is 0 Å². The van der Waals surface area contributed by atoms with E-state index in [0.29, 0.717) is 11.1 Å². The summed E-state index contributed by atoms with van der Waals surface area (Å²) in [7, 11) is 0. The highest BCUT2D eigenvalue weighted by molar-refractivity contribution is 9.10. The Morgan fingerprint density at radius 2 is 1.23 bits per heavy atom. The van der Waals surface area contributed by atoms with Gasteiger partial charge in [-0.2, -0.15) is 0 Å². The molecule has 0 bridgehead atoms. The fourth-order valence-corrected chi connectivity index (χ4v) is 2.47. The van der Waals surface area contributed by atoms with Crippen LogP contribution in [0.4, 0.5) is 0 Å². The highest BCUT2D eigenvalue weighted by Gasteiger charge is 2.00. The Kier molecular flexibility index (Phi) is 5.57. The summed E-state index contributed by atoms with van der Waals surface area (Å²) in [4.78, 5) is 11.8. The van der Waals surface area contributed by atoms with Gasteiger partial charge in [-0.25, -0.2) is 0 Å². The average molecular weight is 424 g/mol. The number of hydrogen-bond donors (Lipinski definition) is 2. The van der Waals surface area contributed by atoms with E-state index in [1.165, 1.54) is 24.3 Å². The number of phenolic OH excluding ortho intramolecular Hbond substituents is 2. The minimum Gasteiger partial charge on any atom is -0.507 e. The van der Waals surface area contributed by atoms with Crippen LogP contribution in [0.3, 0.4) is 0 Å². The van der Waals surface area contributed by atoms with E-state index >= 15 is 0 Å². The van der Waals surface area contributed by atoms with Gasteiger partial charge in [-0.3, -0.25) is 4.79 Å². The number of ketones is 1. The van der Waals surface area contributed by atoms with Crippen LogP contribution in [0.25, 0.3) is 12.2 Å². The van der Waals surface area contributed by atoms with Crippen LogP contribution in [0.2, 0.25) is 0 Å². The summed E-state index contributed by atoms with van der Waals surface area (Å²) in [6, 6.07) is 9.94. The lowest BCUT2D eigenvalue weighted by Gasteiger charge is -1.99. The van der Waals surface area contributed by atoms with Gasteiger partial charge in [0, 0.05) is 20.1 Å². The number of allylic oxidation sites excluding steroid dienone is 2. The lowest BCUT2D eigenvalue weighted by molar-refractivity contribution is -0.110. The Bertz CT molecular complexity index is 701. The highest BCUT2D eigenvalue weighted by Crippen LogP contribution is 2.24. The molecule has 5 heteroatoms. The average Bonchev–Trinajstić information content (AvgIpc) is 2.49. The molecular formula is C17H12Br2O3. The minimum atomic E-state index is -0.251. The van der Waals surface area contributed by atoms with Crippen LogP contribution < -0.4 is 0 Å². The van der Waals surface area contributed by atoms with Crippen molar-refractivity contribution in [3.8, 4) is 11.5 Å². The maximum atomic E-state index is 11.8. The van der Waals surface area contributed by atoms with Crippen LogP contribution in [0, 0.1) is 0 Å². The normalized spacial score (nSPS) is 11.4. The predicted molar refractivity (Wildman–Crippen MR) is 94.7 cm³/mol. The SMILES string of the molecule is O=C(/C=C/c1cc(Br)ccc1O)/C=C/c1cc(Br)ccc1O. The zero-order chi connectivity index (χ0) is 16.1. The summed E-state index contributed by atoms with van der Waals surface area (Å²) in [6.07, 6.45) is 5.78. The van der Waals surface area contributed by atoms with Crippen molar-refractivity contribution in [2.75, 3.05) is 0 Å². The third kappa shape index (κ3) is 4.58. The fourth-order valence-electron chi connectivity index (χ4n) is 1.72. The Balaban J connectivity index is 2.12. The Labute approximate surface area is 144 Å². The molecule has 0 heterocycles. The second kappa shape index (κ2) is 7.42. The smallest absolute Gasteiger partial charge is 0.178 e. The van der Waals surface area contributed by atoms with E-state index in [9.17, 15) is 15.0 Å². The van der Waals surface area contributed by atoms with Crippen molar-refractivity contribution in [2.45, 2.75) is 0 Å². The van der Waals surface area contributed by atoms with E-state index in [4.69, 9.17) is 0 Å². The number of carbonyl (C=O) groups is 1. The van der Waals surface area contributed by atoms with E-state index < -0.39 is 0 Å². The monoisotopic (exact) mass is 422 g/mol. The molecule has 0 aliphatic carbocycles. The molecule has 0 amide bonds. The first-order valence-electron chi connectivity index (χ1n) is 6.33. The first kappa shape index (κ1) is 16.5. The molecule has 2 aromatic carbocycles. The van der Waals surface area contributed by atoms with Gasteiger partial charge in [0.15, 0.2) is 5.78 Å². The molecule has 22 heavy (non-hydrogen) atoms. The number of aromatic hydroxyl groups is 2. The molecule has 0 aromatic heterocycles. The van der Waals surface area contributed by atoms with Crippen molar-refractivity contribution in [2.24, 2.45) is 0 Å². The summed E-state index contributed by atoms with van der Waals surface area (Å²) in [6.45, 7) is 0. The largest absolute Gasteiger partial charge is 0.507 e. The van der Waals surface area contributed by atoms with Crippen LogP contribution in [0.5, 0.6) is 11.5 Å². The topological polar surface area (TPSA) is 57.5 Å². The van der Waals surface area contributed by atoms with Crippen LogP contribution in [-0.4, -0.2) is 16.0 Å². The van der Waals surface area contributed by atoms with Crippen LogP contribution in [0.15, 0.2) is 57.5 Å². The first-order valence-corrected chi connectivity index (χ1v) is 7.91. The maximum Gasteiger partial charge on any atom is 0.178 e. The summed E-state index contributed by atoms with van der Waals surface area (Å²) in [5.41, 5.74) is 1.09.